The van der Waals surface area contributed by atoms with Crippen LogP contribution in [0.1, 0.15) is 41.4 Å². The van der Waals surface area contributed by atoms with Crippen LogP contribution in [-0.4, -0.2) is 25.4 Å². The zero-order chi connectivity index (χ0) is 21.6. The second-order valence-electron chi connectivity index (χ2n) is 7.55. The summed E-state index contributed by atoms with van der Waals surface area (Å²) in [6.07, 6.45) is 1.79. The van der Waals surface area contributed by atoms with Gasteiger partial charge in [0.1, 0.15) is 5.65 Å². The summed E-state index contributed by atoms with van der Waals surface area (Å²) in [6.45, 7) is 6.43. The predicted molar refractivity (Wildman–Crippen MR) is 118 cm³/mol. The number of carboxylic acid groups (broad SMARTS) is 1. The first-order valence-corrected chi connectivity index (χ1v) is 9.91. The minimum Gasteiger partial charge on any atom is -0.478 e. The molecule has 2 aromatic carbocycles. The maximum Gasteiger partial charge on any atom is 0.337 e. The quantitative estimate of drug-likeness (QED) is 0.523. The number of carboxylic acids is 1. The summed E-state index contributed by atoms with van der Waals surface area (Å²) in [4.78, 5) is 24.9. The van der Waals surface area contributed by atoms with Gasteiger partial charge in [0.15, 0.2) is 0 Å². The molecule has 0 saturated carbocycles. The van der Waals surface area contributed by atoms with Gasteiger partial charge in [0.25, 0.3) is 5.56 Å². The molecule has 0 fully saturated rings. The molecule has 154 valence electrons. The third-order valence-electron chi connectivity index (χ3n) is 5.53. The first-order valence-electron chi connectivity index (χ1n) is 9.91. The zero-order valence-electron chi connectivity index (χ0n) is 17.4. The molecule has 0 bridgehead atoms. The number of nitrogens with zero attached hydrogens (tertiary/aromatic N) is 3. The minimum absolute atomic E-state index is 0.0494. The molecule has 0 spiro atoms. The number of benzene rings is 2. The standard InChI is InChI=1S/C23H24N4O3/c1-5-27-21-18(12-24-26(21)4)20-16(10-13(2)11-17(20)22(27)28)14(3)25-19-9-7-6-8-15(19)23(29)30/h6-12,14,25H,5H2,1-4H3,(H,29,30). The van der Waals surface area contributed by atoms with E-state index in [4.69, 9.17) is 0 Å². The highest BCUT2D eigenvalue weighted by molar-refractivity contribution is 6.07. The SMILES string of the molecule is CCn1c(=O)c2cc(C)cc(C(C)Nc3ccccc3C(=O)O)c2c2cnn(C)c21. The number of carbonyl (C=O) groups is 1. The molecule has 0 saturated heterocycles. The smallest absolute Gasteiger partial charge is 0.337 e. The molecule has 2 aromatic heterocycles. The first kappa shape index (κ1) is 19.7. The van der Waals surface area contributed by atoms with Crippen molar-refractivity contribution in [2.24, 2.45) is 7.05 Å². The average Bonchev–Trinajstić information content (AvgIpc) is 3.09. The first-order chi connectivity index (χ1) is 14.3. The monoisotopic (exact) mass is 404 g/mol. The van der Waals surface area contributed by atoms with Crippen molar-refractivity contribution in [1.29, 1.82) is 0 Å². The van der Waals surface area contributed by atoms with Gasteiger partial charge in [-0.15, -0.1) is 0 Å². The van der Waals surface area contributed by atoms with E-state index in [1.54, 1.807) is 39.7 Å². The van der Waals surface area contributed by atoms with Crippen molar-refractivity contribution in [1.82, 2.24) is 14.3 Å². The fourth-order valence-corrected chi connectivity index (χ4v) is 4.19. The molecule has 0 aliphatic heterocycles. The molecule has 2 N–H and O–H groups in total. The molecule has 7 heteroatoms. The molecule has 30 heavy (non-hydrogen) atoms. The molecule has 1 atom stereocenters. The number of fused-ring (bicyclic) bond motifs is 3. The van der Waals surface area contributed by atoms with Crippen molar-refractivity contribution < 1.29 is 9.90 Å². The van der Waals surface area contributed by atoms with E-state index in [2.05, 4.69) is 10.4 Å². The second kappa shape index (κ2) is 7.33. The van der Waals surface area contributed by atoms with Crippen LogP contribution in [0, 0.1) is 6.92 Å². The highest BCUT2D eigenvalue weighted by Crippen LogP contribution is 2.33. The van der Waals surface area contributed by atoms with Crippen molar-refractivity contribution in [2.45, 2.75) is 33.4 Å². The molecule has 1 unspecified atom stereocenters. The van der Waals surface area contributed by atoms with E-state index < -0.39 is 5.97 Å². The zero-order valence-corrected chi connectivity index (χ0v) is 17.4. The third kappa shape index (κ3) is 3.03. The van der Waals surface area contributed by atoms with Gasteiger partial charge in [-0.05, 0) is 50.1 Å². The summed E-state index contributed by atoms with van der Waals surface area (Å²) in [5.41, 5.74) is 3.38. The number of hydrogen-bond donors (Lipinski definition) is 2. The summed E-state index contributed by atoms with van der Waals surface area (Å²) in [7, 11) is 1.83. The number of anilines is 1. The maximum absolute atomic E-state index is 13.3. The van der Waals surface area contributed by atoms with Crippen LogP contribution in [0.4, 0.5) is 5.69 Å². The number of aromatic carboxylic acids is 1. The Bertz CT molecular complexity index is 1350. The summed E-state index contributed by atoms with van der Waals surface area (Å²) >= 11 is 0. The summed E-state index contributed by atoms with van der Waals surface area (Å²) < 4.78 is 3.47. The Hall–Kier alpha value is -3.61. The van der Waals surface area contributed by atoms with Crippen molar-refractivity contribution in [3.05, 3.63) is 69.6 Å². The van der Waals surface area contributed by atoms with E-state index in [-0.39, 0.29) is 17.2 Å². The lowest BCUT2D eigenvalue weighted by atomic mass is 9.95. The molecule has 0 radical (unpaired) electrons. The number of aromatic nitrogens is 3. The number of aryl methyl sites for hydroxylation is 3. The normalized spacial score (nSPS) is 12.4. The van der Waals surface area contributed by atoms with E-state index in [9.17, 15) is 14.7 Å². The van der Waals surface area contributed by atoms with Crippen LogP contribution in [0.2, 0.25) is 0 Å². The topological polar surface area (TPSA) is 89.2 Å². The number of hydrogen-bond acceptors (Lipinski definition) is 4. The van der Waals surface area contributed by atoms with E-state index >= 15 is 0 Å². The van der Waals surface area contributed by atoms with Gasteiger partial charge in [-0.2, -0.15) is 5.10 Å². The molecule has 2 heterocycles. The summed E-state index contributed by atoms with van der Waals surface area (Å²) in [5.74, 6) is -0.986. The molecular formula is C23H24N4O3. The molecule has 4 aromatic rings. The number of nitrogens with one attached hydrogen (secondary N) is 1. The Kier molecular flexibility index (Phi) is 4.81. The fourth-order valence-electron chi connectivity index (χ4n) is 4.19. The lowest BCUT2D eigenvalue weighted by Gasteiger charge is -2.21. The molecule has 0 amide bonds. The Morgan fingerprint density at radius 1 is 1.23 bits per heavy atom. The predicted octanol–water partition coefficient (Wildman–Crippen LogP) is 4.09. The van der Waals surface area contributed by atoms with Crippen LogP contribution in [0.5, 0.6) is 0 Å². The second-order valence-corrected chi connectivity index (χ2v) is 7.55. The molecule has 0 aliphatic rings. The van der Waals surface area contributed by atoms with Gasteiger partial charge in [0.05, 0.1) is 11.8 Å². The summed E-state index contributed by atoms with van der Waals surface area (Å²) in [6, 6.07) is 10.6. The Morgan fingerprint density at radius 2 is 1.97 bits per heavy atom. The molecule has 4 rings (SSSR count). The molecule has 0 aliphatic carbocycles. The van der Waals surface area contributed by atoms with Crippen molar-refractivity contribution in [2.75, 3.05) is 5.32 Å². The van der Waals surface area contributed by atoms with Crippen molar-refractivity contribution in [3.8, 4) is 0 Å². The van der Waals surface area contributed by atoms with E-state index in [0.717, 1.165) is 27.5 Å². The largest absolute Gasteiger partial charge is 0.478 e. The van der Waals surface area contributed by atoms with Crippen molar-refractivity contribution in [3.63, 3.8) is 0 Å². The van der Waals surface area contributed by atoms with Crippen molar-refractivity contribution >= 4 is 33.5 Å². The minimum atomic E-state index is -0.986. The van der Waals surface area contributed by atoms with E-state index in [1.807, 2.05) is 40.0 Å². The number of para-hydroxylation sites is 1. The lowest BCUT2D eigenvalue weighted by Crippen LogP contribution is -2.22. The van der Waals surface area contributed by atoms with Crippen LogP contribution in [0.25, 0.3) is 21.8 Å². The van der Waals surface area contributed by atoms with Gasteiger partial charge < -0.3 is 10.4 Å². The Labute approximate surface area is 173 Å². The molecule has 7 nitrogen and oxygen atoms in total. The average molecular weight is 404 g/mol. The van der Waals surface area contributed by atoms with Crippen LogP contribution in [0.3, 0.4) is 0 Å². The van der Waals surface area contributed by atoms with Crippen LogP contribution in [0.15, 0.2) is 47.4 Å². The summed E-state index contributed by atoms with van der Waals surface area (Å²) in [5, 5.41) is 19.6. The van der Waals surface area contributed by atoms with Gasteiger partial charge in [-0.1, -0.05) is 18.2 Å². The van der Waals surface area contributed by atoms with Gasteiger partial charge in [-0.3, -0.25) is 14.0 Å². The van der Waals surface area contributed by atoms with E-state index in [1.165, 1.54) is 0 Å². The fraction of sp³-hybridized carbons (Fsp3) is 0.261. The van der Waals surface area contributed by atoms with Gasteiger partial charge >= 0.3 is 5.97 Å². The maximum atomic E-state index is 13.3. The molecular weight excluding hydrogens is 380 g/mol. The Balaban J connectivity index is 1.98. The third-order valence-corrected chi connectivity index (χ3v) is 5.53. The lowest BCUT2D eigenvalue weighted by molar-refractivity contribution is 0.0698. The Morgan fingerprint density at radius 3 is 2.67 bits per heavy atom. The van der Waals surface area contributed by atoms with Crippen LogP contribution < -0.4 is 10.9 Å². The van der Waals surface area contributed by atoms with Crippen LogP contribution in [-0.2, 0) is 13.6 Å². The number of rotatable bonds is 5. The highest BCUT2D eigenvalue weighted by Gasteiger charge is 2.20. The number of pyridine rings is 1. The highest BCUT2D eigenvalue weighted by atomic mass is 16.4. The van der Waals surface area contributed by atoms with Gasteiger partial charge in [0.2, 0.25) is 0 Å². The van der Waals surface area contributed by atoms with Gasteiger partial charge in [-0.25, -0.2) is 4.79 Å². The van der Waals surface area contributed by atoms with Crippen LogP contribution >= 0.6 is 0 Å². The van der Waals surface area contributed by atoms with E-state index in [0.29, 0.717) is 17.6 Å². The van der Waals surface area contributed by atoms with Gasteiger partial charge in [0, 0.05) is 41.5 Å².